The van der Waals surface area contributed by atoms with Crippen molar-refractivity contribution in [3.63, 3.8) is 0 Å². The minimum absolute atomic E-state index is 0.302. The molecule has 0 bridgehead atoms. The third-order valence-corrected chi connectivity index (χ3v) is 3.60. The minimum Gasteiger partial charge on any atom is -0.478 e. The van der Waals surface area contributed by atoms with Crippen LogP contribution in [0.2, 0.25) is 0 Å². The zero-order chi connectivity index (χ0) is 13.8. The summed E-state index contributed by atoms with van der Waals surface area (Å²) in [5, 5.41) is 12.5. The van der Waals surface area contributed by atoms with Gasteiger partial charge in [0, 0.05) is 25.0 Å². The molecule has 5 nitrogen and oxygen atoms in total. The number of carboxylic acid groups (broad SMARTS) is 1. The molecule has 0 saturated carbocycles. The van der Waals surface area contributed by atoms with E-state index in [4.69, 9.17) is 0 Å². The van der Waals surface area contributed by atoms with E-state index in [-0.39, 0.29) is 0 Å². The molecule has 1 aliphatic heterocycles. The summed E-state index contributed by atoms with van der Waals surface area (Å²) < 4.78 is 0. The van der Waals surface area contributed by atoms with Crippen LogP contribution >= 0.6 is 0 Å². The summed E-state index contributed by atoms with van der Waals surface area (Å²) in [7, 11) is 1.96. The summed E-state index contributed by atoms with van der Waals surface area (Å²) in [6, 6.07) is 1.88. The summed E-state index contributed by atoms with van der Waals surface area (Å²) in [6.45, 7) is 4.70. The largest absolute Gasteiger partial charge is 0.478 e. The number of rotatable bonds is 4. The topological polar surface area (TPSA) is 65.5 Å². The van der Waals surface area contributed by atoms with Gasteiger partial charge in [0.15, 0.2) is 0 Å². The SMILES string of the molecule is CNCC1CCCN(c2cc(C)ncc2C(=O)O)C1. The van der Waals surface area contributed by atoms with E-state index in [0.717, 1.165) is 37.4 Å². The van der Waals surface area contributed by atoms with Gasteiger partial charge in [0.1, 0.15) is 5.56 Å². The van der Waals surface area contributed by atoms with Crippen LogP contribution in [0.15, 0.2) is 12.3 Å². The molecule has 0 spiro atoms. The molecule has 1 saturated heterocycles. The molecule has 2 rings (SSSR count). The molecule has 0 aromatic carbocycles. The second-order valence-electron chi connectivity index (χ2n) is 5.16. The van der Waals surface area contributed by atoms with Crippen LogP contribution in [0.1, 0.15) is 28.9 Å². The highest BCUT2D eigenvalue weighted by Gasteiger charge is 2.23. The van der Waals surface area contributed by atoms with Gasteiger partial charge in [-0.05, 0) is 45.3 Å². The fraction of sp³-hybridized carbons (Fsp3) is 0.571. The molecule has 1 fully saturated rings. The summed E-state index contributed by atoms with van der Waals surface area (Å²) in [5.41, 5.74) is 1.97. The average molecular weight is 263 g/mol. The van der Waals surface area contributed by atoms with Gasteiger partial charge in [0.25, 0.3) is 0 Å². The summed E-state index contributed by atoms with van der Waals surface area (Å²) >= 11 is 0. The maximum atomic E-state index is 11.3. The van der Waals surface area contributed by atoms with E-state index in [1.54, 1.807) is 0 Å². The number of hydrogen-bond donors (Lipinski definition) is 2. The van der Waals surface area contributed by atoms with E-state index in [1.165, 1.54) is 12.6 Å². The van der Waals surface area contributed by atoms with E-state index in [0.29, 0.717) is 11.5 Å². The van der Waals surface area contributed by atoms with Crippen molar-refractivity contribution < 1.29 is 9.90 Å². The van der Waals surface area contributed by atoms with Gasteiger partial charge in [-0.3, -0.25) is 4.98 Å². The Morgan fingerprint density at radius 3 is 3.11 bits per heavy atom. The van der Waals surface area contributed by atoms with Gasteiger partial charge >= 0.3 is 5.97 Å². The zero-order valence-corrected chi connectivity index (χ0v) is 11.5. The fourth-order valence-electron chi connectivity index (χ4n) is 2.71. The quantitative estimate of drug-likeness (QED) is 0.862. The number of nitrogens with one attached hydrogen (secondary N) is 1. The molecule has 0 amide bonds. The van der Waals surface area contributed by atoms with Crippen LogP contribution in [0.3, 0.4) is 0 Å². The number of carbonyl (C=O) groups is 1. The number of aromatic nitrogens is 1. The molecule has 2 heterocycles. The molecular weight excluding hydrogens is 242 g/mol. The normalized spacial score (nSPS) is 19.5. The molecule has 2 N–H and O–H groups in total. The number of piperidine rings is 1. The van der Waals surface area contributed by atoms with Gasteiger partial charge in [-0.1, -0.05) is 0 Å². The van der Waals surface area contributed by atoms with Gasteiger partial charge in [-0.2, -0.15) is 0 Å². The lowest BCUT2D eigenvalue weighted by Gasteiger charge is -2.35. The summed E-state index contributed by atoms with van der Waals surface area (Å²) in [6.07, 6.45) is 3.77. The Morgan fingerprint density at radius 2 is 2.42 bits per heavy atom. The van der Waals surface area contributed by atoms with E-state index in [1.807, 2.05) is 20.0 Å². The summed E-state index contributed by atoms with van der Waals surface area (Å²) in [4.78, 5) is 17.6. The maximum Gasteiger partial charge on any atom is 0.339 e. The molecular formula is C14H21N3O2. The number of hydrogen-bond acceptors (Lipinski definition) is 4. The monoisotopic (exact) mass is 263 g/mol. The molecule has 0 aliphatic carbocycles. The van der Waals surface area contributed by atoms with Crippen LogP contribution in [0, 0.1) is 12.8 Å². The number of pyridine rings is 1. The smallest absolute Gasteiger partial charge is 0.339 e. The standard InChI is InChI=1S/C14H21N3O2/c1-10-6-13(12(8-16-10)14(18)19)17-5-3-4-11(9-17)7-15-2/h6,8,11,15H,3-5,7,9H2,1-2H3,(H,18,19). The van der Waals surface area contributed by atoms with Crippen molar-refractivity contribution in [2.45, 2.75) is 19.8 Å². The fourth-order valence-corrected chi connectivity index (χ4v) is 2.71. The lowest BCUT2D eigenvalue weighted by Crippen LogP contribution is -2.39. The lowest BCUT2D eigenvalue weighted by molar-refractivity contribution is 0.0697. The predicted octanol–water partition coefficient (Wildman–Crippen LogP) is 1.52. The van der Waals surface area contributed by atoms with Crippen molar-refractivity contribution in [2.75, 3.05) is 31.6 Å². The highest BCUT2D eigenvalue weighted by molar-refractivity contribution is 5.94. The minimum atomic E-state index is -0.904. The van der Waals surface area contributed by atoms with E-state index < -0.39 is 5.97 Å². The second-order valence-corrected chi connectivity index (χ2v) is 5.16. The number of aryl methyl sites for hydroxylation is 1. The first kappa shape index (κ1) is 13.8. The van der Waals surface area contributed by atoms with Crippen LogP contribution in [-0.4, -0.2) is 42.7 Å². The Hall–Kier alpha value is -1.62. The first-order valence-corrected chi connectivity index (χ1v) is 6.71. The van der Waals surface area contributed by atoms with Crippen molar-refractivity contribution in [3.8, 4) is 0 Å². The van der Waals surface area contributed by atoms with Crippen LogP contribution in [0.25, 0.3) is 0 Å². The van der Waals surface area contributed by atoms with Gasteiger partial charge in [-0.15, -0.1) is 0 Å². The number of aromatic carboxylic acids is 1. The molecule has 1 aliphatic rings. The lowest BCUT2D eigenvalue weighted by atomic mass is 9.97. The third-order valence-electron chi connectivity index (χ3n) is 3.60. The molecule has 19 heavy (non-hydrogen) atoms. The predicted molar refractivity (Wildman–Crippen MR) is 74.8 cm³/mol. The van der Waals surface area contributed by atoms with Gasteiger partial charge in [0.2, 0.25) is 0 Å². The van der Waals surface area contributed by atoms with Crippen LogP contribution in [0.4, 0.5) is 5.69 Å². The van der Waals surface area contributed by atoms with Crippen molar-refractivity contribution in [3.05, 3.63) is 23.5 Å². The first-order valence-electron chi connectivity index (χ1n) is 6.71. The Kier molecular flexibility index (Phi) is 4.37. The van der Waals surface area contributed by atoms with Crippen LogP contribution in [0.5, 0.6) is 0 Å². The second kappa shape index (κ2) is 6.02. The Morgan fingerprint density at radius 1 is 1.63 bits per heavy atom. The maximum absolute atomic E-state index is 11.3. The number of anilines is 1. The van der Waals surface area contributed by atoms with Crippen LogP contribution < -0.4 is 10.2 Å². The number of carboxylic acids is 1. The van der Waals surface area contributed by atoms with Crippen molar-refractivity contribution in [1.82, 2.24) is 10.3 Å². The van der Waals surface area contributed by atoms with E-state index in [2.05, 4.69) is 15.2 Å². The van der Waals surface area contributed by atoms with Crippen LogP contribution in [-0.2, 0) is 0 Å². The Balaban J connectivity index is 2.24. The van der Waals surface area contributed by atoms with Crippen molar-refractivity contribution >= 4 is 11.7 Å². The zero-order valence-electron chi connectivity index (χ0n) is 11.5. The molecule has 104 valence electrons. The molecule has 1 aromatic heterocycles. The Bertz CT molecular complexity index is 460. The molecule has 1 atom stereocenters. The van der Waals surface area contributed by atoms with Crippen molar-refractivity contribution in [2.24, 2.45) is 5.92 Å². The molecule has 0 radical (unpaired) electrons. The third kappa shape index (κ3) is 3.23. The van der Waals surface area contributed by atoms with Gasteiger partial charge in [0.05, 0.1) is 5.69 Å². The highest BCUT2D eigenvalue weighted by atomic mass is 16.4. The van der Waals surface area contributed by atoms with Gasteiger partial charge in [-0.25, -0.2) is 4.79 Å². The van der Waals surface area contributed by atoms with Crippen molar-refractivity contribution in [1.29, 1.82) is 0 Å². The average Bonchev–Trinajstić information content (AvgIpc) is 2.39. The van der Waals surface area contributed by atoms with E-state index >= 15 is 0 Å². The molecule has 1 unspecified atom stereocenters. The molecule has 1 aromatic rings. The molecule has 5 heteroatoms. The summed E-state index contributed by atoms with van der Waals surface area (Å²) in [5.74, 6) is -0.327. The Labute approximate surface area is 113 Å². The van der Waals surface area contributed by atoms with Gasteiger partial charge < -0.3 is 15.3 Å². The number of nitrogens with zero attached hydrogens (tertiary/aromatic N) is 2. The first-order chi connectivity index (χ1) is 9.11. The van der Waals surface area contributed by atoms with E-state index in [9.17, 15) is 9.90 Å². The highest BCUT2D eigenvalue weighted by Crippen LogP contribution is 2.26.